The van der Waals surface area contributed by atoms with Gasteiger partial charge in [0.05, 0.1) is 11.1 Å². The van der Waals surface area contributed by atoms with E-state index in [0.29, 0.717) is 12.5 Å². The van der Waals surface area contributed by atoms with E-state index in [1.165, 1.54) is 0 Å². The van der Waals surface area contributed by atoms with Gasteiger partial charge in [0.25, 0.3) is 5.95 Å². The molecule has 1 aliphatic heterocycles. The molecule has 6 nitrogen and oxygen atoms in total. The van der Waals surface area contributed by atoms with Gasteiger partial charge in [-0.1, -0.05) is 26.5 Å². The van der Waals surface area contributed by atoms with Crippen LogP contribution in [0.3, 0.4) is 0 Å². The van der Waals surface area contributed by atoms with Crippen molar-refractivity contribution in [2.24, 2.45) is 16.7 Å². The van der Waals surface area contributed by atoms with Crippen LogP contribution in [0.4, 0.5) is 0 Å². The van der Waals surface area contributed by atoms with Crippen LogP contribution in [0.15, 0.2) is 36.6 Å². The molecule has 1 saturated heterocycles. The molecule has 3 rings (SSSR count). The predicted molar refractivity (Wildman–Crippen MR) is 131 cm³/mol. The lowest BCUT2D eigenvalue weighted by Crippen LogP contribution is -2.57. The van der Waals surface area contributed by atoms with Gasteiger partial charge in [-0.15, -0.1) is 0 Å². The Morgan fingerprint density at radius 3 is 2.39 bits per heavy atom. The molecule has 3 atom stereocenters. The second-order valence-corrected chi connectivity index (χ2v) is 11.0. The zero-order chi connectivity index (χ0) is 24.4. The Labute approximate surface area is 200 Å². The van der Waals surface area contributed by atoms with Gasteiger partial charge in [-0.25, -0.2) is 0 Å². The molecule has 0 spiro atoms. The van der Waals surface area contributed by atoms with E-state index in [-0.39, 0.29) is 35.5 Å². The van der Waals surface area contributed by atoms with Crippen LogP contribution in [0, 0.1) is 16.7 Å². The van der Waals surface area contributed by atoms with Crippen molar-refractivity contribution in [2.45, 2.75) is 91.8 Å². The van der Waals surface area contributed by atoms with E-state index >= 15 is 0 Å². The number of likely N-dealkylation sites (tertiary alicyclic amines) is 1. The van der Waals surface area contributed by atoms with Gasteiger partial charge >= 0.3 is 0 Å². The standard InChI is InChI=1S/C27H44N2O4/c1-8-15-32-18-22(28-13-9-10-14-28)17-24(30)33-23-16-21-11-12-27(23,26(21,6)7)25(31)29(19(2)3)20(4)5/h8,17-21,23,30H,1,9-16H2,2-7H3/b22-18-,24-17+/t21-,23-,27+/m1/s1. The maximum atomic E-state index is 14.1. The van der Waals surface area contributed by atoms with Gasteiger partial charge in [0.2, 0.25) is 5.91 Å². The van der Waals surface area contributed by atoms with Crippen molar-refractivity contribution < 1.29 is 19.4 Å². The number of amides is 1. The van der Waals surface area contributed by atoms with Crippen LogP contribution in [0.1, 0.15) is 73.6 Å². The molecule has 1 N–H and O–H groups in total. The number of nitrogens with zero attached hydrogens (tertiary/aromatic N) is 2. The summed E-state index contributed by atoms with van der Waals surface area (Å²) in [6, 6.07) is 0.220. The number of hydrogen-bond acceptors (Lipinski definition) is 5. The fourth-order valence-corrected chi connectivity index (χ4v) is 6.54. The summed E-state index contributed by atoms with van der Waals surface area (Å²) in [4.78, 5) is 18.3. The Kier molecular flexibility index (Phi) is 7.75. The number of carbonyl (C=O) groups is 1. The molecule has 3 aliphatic rings. The van der Waals surface area contributed by atoms with Crippen LogP contribution in [0.5, 0.6) is 0 Å². The zero-order valence-corrected chi connectivity index (χ0v) is 21.5. The van der Waals surface area contributed by atoms with Crippen LogP contribution < -0.4 is 0 Å². The maximum absolute atomic E-state index is 14.1. The average Bonchev–Trinajstić information content (AvgIpc) is 3.39. The number of carbonyl (C=O) groups excluding carboxylic acids is 1. The molecule has 186 valence electrons. The highest BCUT2D eigenvalue weighted by molar-refractivity contribution is 5.86. The number of hydrogen-bond donors (Lipinski definition) is 1. The van der Waals surface area contributed by atoms with Gasteiger partial charge in [0.1, 0.15) is 19.0 Å². The smallest absolute Gasteiger partial charge is 0.279 e. The van der Waals surface area contributed by atoms with E-state index in [0.717, 1.165) is 50.9 Å². The van der Waals surface area contributed by atoms with E-state index in [2.05, 4.69) is 53.0 Å². The number of aliphatic hydroxyl groups excluding tert-OH is 1. The first-order valence-corrected chi connectivity index (χ1v) is 12.6. The normalized spacial score (nSPS) is 29.2. The lowest BCUT2D eigenvalue weighted by molar-refractivity contribution is -0.162. The van der Waals surface area contributed by atoms with Crippen molar-refractivity contribution in [3.8, 4) is 0 Å². The fraction of sp³-hybridized carbons (Fsp3) is 0.741. The molecule has 2 saturated carbocycles. The largest absolute Gasteiger partial charge is 0.495 e. The highest BCUT2D eigenvalue weighted by atomic mass is 16.6. The van der Waals surface area contributed by atoms with Crippen molar-refractivity contribution >= 4 is 5.91 Å². The third-order valence-corrected chi connectivity index (χ3v) is 8.26. The first kappa shape index (κ1) is 25.5. The zero-order valence-electron chi connectivity index (χ0n) is 21.5. The molecule has 1 amide bonds. The van der Waals surface area contributed by atoms with Gasteiger partial charge in [-0.3, -0.25) is 4.79 Å². The molecule has 6 heteroatoms. The summed E-state index contributed by atoms with van der Waals surface area (Å²) in [5, 5.41) is 10.9. The Bertz CT molecular complexity index is 771. The van der Waals surface area contributed by atoms with Crippen molar-refractivity contribution in [3.05, 3.63) is 36.6 Å². The monoisotopic (exact) mass is 460 g/mol. The number of ether oxygens (including phenoxy) is 2. The molecule has 0 radical (unpaired) electrons. The van der Waals surface area contributed by atoms with Crippen LogP contribution in [0.25, 0.3) is 0 Å². The number of allylic oxidation sites excluding steroid dienone is 1. The molecule has 2 bridgehead atoms. The SMILES string of the molecule is C=CCO/C=C(/C=C(\O)O[C@@H]1C[C@H]2CC[C@]1(C(=O)N(C(C)C)C(C)C)C2(C)C)N1CCCC1. The van der Waals surface area contributed by atoms with Crippen molar-refractivity contribution in [1.29, 1.82) is 0 Å². The van der Waals surface area contributed by atoms with Crippen LogP contribution >= 0.6 is 0 Å². The Morgan fingerprint density at radius 1 is 1.21 bits per heavy atom. The van der Waals surface area contributed by atoms with Gasteiger partial charge in [-0.2, -0.15) is 0 Å². The summed E-state index contributed by atoms with van der Waals surface area (Å²) in [5.74, 6) is 0.432. The topological polar surface area (TPSA) is 62.2 Å². The first-order valence-electron chi connectivity index (χ1n) is 12.6. The van der Waals surface area contributed by atoms with E-state index in [4.69, 9.17) is 9.47 Å². The van der Waals surface area contributed by atoms with E-state index in [9.17, 15) is 9.90 Å². The molecule has 2 aliphatic carbocycles. The van der Waals surface area contributed by atoms with Crippen molar-refractivity contribution in [3.63, 3.8) is 0 Å². The maximum Gasteiger partial charge on any atom is 0.279 e. The van der Waals surface area contributed by atoms with Crippen molar-refractivity contribution in [1.82, 2.24) is 9.80 Å². The average molecular weight is 461 g/mol. The van der Waals surface area contributed by atoms with E-state index < -0.39 is 5.41 Å². The van der Waals surface area contributed by atoms with Crippen LogP contribution in [-0.2, 0) is 14.3 Å². The van der Waals surface area contributed by atoms with E-state index in [1.54, 1.807) is 18.4 Å². The number of rotatable bonds is 10. The molecule has 1 heterocycles. The molecule has 0 unspecified atom stereocenters. The Morgan fingerprint density at radius 2 is 1.85 bits per heavy atom. The second kappa shape index (κ2) is 10.0. The summed E-state index contributed by atoms with van der Waals surface area (Å²) in [6.07, 6.45) is 9.51. The van der Waals surface area contributed by atoms with Crippen molar-refractivity contribution in [2.75, 3.05) is 19.7 Å². The van der Waals surface area contributed by atoms with E-state index in [1.807, 2.05) is 4.90 Å². The lowest BCUT2D eigenvalue weighted by atomic mass is 9.67. The molecule has 0 aromatic heterocycles. The molecule has 0 aromatic rings. The van der Waals surface area contributed by atoms with Crippen LogP contribution in [0.2, 0.25) is 0 Å². The summed E-state index contributed by atoms with van der Waals surface area (Å²) < 4.78 is 11.8. The minimum atomic E-state index is -0.634. The van der Waals surface area contributed by atoms with Crippen LogP contribution in [-0.4, -0.2) is 58.7 Å². The molecule has 33 heavy (non-hydrogen) atoms. The van der Waals surface area contributed by atoms with Gasteiger partial charge in [0, 0.05) is 31.2 Å². The molecular weight excluding hydrogens is 416 g/mol. The summed E-state index contributed by atoms with van der Waals surface area (Å²) in [6.45, 7) is 18.7. The fourth-order valence-electron chi connectivity index (χ4n) is 6.54. The highest BCUT2D eigenvalue weighted by Gasteiger charge is 2.70. The molecule has 3 fully saturated rings. The minimum absolute atomic E-state index is 0.110. The van der Waals surface area contributed by atoms with Gasteiger partial charge in [-0.05, 0) is 71.1 Å². The second-order valence-electron chi connectivity index (χ2n) is 11.0. The summed E-state index contributed by atoms with van der Waals surface area (Å²) >= 11 is 0. The predicted octanol–water partition coefficient (Wildman–Crippen LogP) is 5.38. The quantitative estimate of drug-likeness (QED) is 0.205. The molecular formula is C27H44N2O4. The van der Waals surface area contributed by atoms with Gasteiger partial charge < -0.3 is 24.4 Å². The summed E-state index contributed by atoms with van der Waals surface area (Å²) in [5.41, 5.74) is -0.0246. The Hall–Kier alpha value is -2.11. The minimum Gasteiger partial charge on any atom is -0.495 e. The lowest BCUT2D eigenvalue weighted by Gasteiger charge is -2.46. The van der Waals surface area contributed by atoms with Gasteiger partial charge in [0.15, 0.2) is 0 Å². The third-order valence-electron chi connectivity index (χ3n) is 8.26. The number of fused-ring (bicyclic) bond motifs is 2. The number of aliphatic hydroxyl groups is 1. The first-order chi connectivity index (χ1) is 15.6. The third kappa shape index (κ3) is 4.63. The molecule has 0 aromatic carbocycles. The summed E-state index contributed by atoms with van der Waals surface area (Å²) in [7, 11) is 0. The highest BCUT2D eigenvalue weighted by Crippen LogP contribution is 2.67. The Balaban J connectivity index is 1.88.